The summed E-state index contributed by atoms with van der Waals surface area (Å²) in [5.74, 6) is -0.0774. The molecule has 9 nitrogen and oxygen atoms in total. The van der Waals surface area contributed by atoms with Crippen molar-refractivity contribution >= 4 is 28.7 Å². The Bertz CT molecular complexity index is 1330. The lowest BCUT2D eigenvalue weighted by Gasteiger charge is -2.35. The van der Waals surface area contributed by atoms with Gasteiger partial charge >= 0.3 is 12.1 Å². The zero-order valence-corrected chi connectivity index (χ0v) is 26.3. The van der Waals surface area contributed by atoms with Crippen LogP contribution in [0.5, 0.6) is 5.75 Å². The Balaban J connectivity index is 1.84. The summed E-state index contributed by atoms with van der Waals surface area (Å²) in [6.07, 6.45) is 3.18. The minimum atomic E-state index is -0.960. The fraction of sp³-hybridized carbons (Fsp3) is 0.606. The number of carbonyl (C=O) groups excluding carboxylic acids is 3. The van der Waals surface area contributed by atoms with Crippen molar-refractivity contribution in [1.29, 1.82) is 0 Å². The number of rotatable bonds is 3. The number of aryl methyl sites for hydroxylation is 1. The van der Waals surface area contributed by atoms with Gasteiger partial charge in [-0.25, -0.2) is 9.59 Å². The second kappa shape index (κ2) is 12.1. The monoisotopic (exact) mass is 582 g/mol. The minimum Gasteiger partial charge on any atom is -0.496 e. The molecule has 42 heavy (non-hydrogen) atoms. The van der Waals surface area contributed by atoms with Crippen molar-refractivity contribution in [2.75, 3.05) is 34.5 Å². The maximum absolute atomic E-state index is 14.2. The number of carbonyl (C=O) groups is 3. The third-order valence-electron chi connectivity index (χ3n) is 8.76. The van der Waals surface area contributed by atoms with E-state index < -0.39 is 41.1 Å². The molecule has 3 atom stereocenters. The van der Waals surface area contributed by atoms with E-state index in [-0.39, 0.29) is 25.0 Å². The molecular weight excluding hydrogens is 536 g/mol. The molecule has 2 aromatic rings. The normalized spacial score (nSPS) is 25.4. The summed E-state index contributed by atoms with van der Waals surface area (Å²) in [6.45, 7) is 10.1. The first-order chi connectivity index (χ1) is 19.7. The summed E-state index contributed by atoms with van der Waals surface area (Å²) in [6, 6.07) is 8.47. The first-order valence-electron chi connectivity index (χ1n) is 14.7. The summed E-state index contributed by atoms with van der Waals surface area (Å²) >= 11 is 0. The van der Waals surface area contributed by atoms with E-state index >= 15 is 0 Å². The number of methoxy groups -OCH3 is 3. The summed E-state index contributed by atoms with van der Waals surface area (Å²) in [7, 11) is 4.60. The SMILES string of the molecule is COC(=O)[C@@H]1C[C@]2(OC)CN1C(=O)[C@H](C(C)(C)C)NC(=O)OCC(C)(C)CCCCc1cc3cc2ccc3cc1OC. The van der Waals surface area contributed by atoms with Crippen LogP contribution in [0.15, 0.2) is 30.3 Å². The van der Waals surface area contributed by atoms with Gasteiger partial charge in [0.15, 0.2) is 0 Å². The lowest BCUT2D eigenvalue weighted by atomic mass is 9.85. The molecule has 9 heteroatoms. The fourth-order valence-corrected chi connectivity index (χ4v) is 6.14. The van der Waals surface area contributed by atoms with Crippen LogP contribution in [0.25, 0.3) is 10.8 Å². The standard InChI is InChI=1S/C33H46N2O7/c1-31(2,3)27-28(36)35-19-33(41-8,18-25(35)29(37)40-7)24-13-12-21-17-26(39-6)22(15-23(21)16-24)11-9-10-14-32(4,5)20-42-30(38)34-27/h12-13,15-17,25,27H,9-11,14,18-20H2,1-8H3,(H,34,38)/t25-,27+,33-/m0/s1. The maximum atomic E-state index is 14.2. The molecule has 2 aliphatic rings. The molecular formula is C33H46N2O7. The van der Waals surface area contributed by atoms with Crippen LogP contribution >= 0.6 is 0 Å². The number of fused-ring (bicyclic) bond motifs is 5. The molecule has 2 amide bonds. The lowest BCUT2D eigenvalue weighted by Crippen LogP contribution is -2.57. The van der Waals surface area contributed by atoms with Gasteiger partial charge in [0.2, 0.25) is 5.91 Å². The van der Waals surface area contributed by atoms with Gasteiger partial charge in [0.1, 0.15) is 23.4 Å². The Morgan fingerprint density at radius 2 is 1.79 bits per heavy atom. The van der Waals surface area contributed by atoms with E-state index in [0.29, 0.717) is 0 Å². The number of hydrogen-bond acceptors (Lipinski definition) is 7. The van der Waals surface area contributed by atoms with E-state index in [0.717, 1.165) is 53.3 Å². The predicted molar refractivity (Wildman–Crippen MR) is 160 cm³/mol. The molecule has 1 fully saturated rings. The van der Waals surface area contributed by atoms with E-state index in [1.165, 1.54) is 12.0 Å². The molecule has 4 rings (SSSR count). The number of cyclic esters (lactones) is 1. The van der Waals surface area contributed by atoms with Crippen LogP contribution in [0.4, 0.5) is 4.79 Å². The highest BCUT2D eigenvalue weighted by molar-refractivity contribution is 5.91. The van der Waals surface area contributed by atoms with E-state index in [2.05, 4.69) is 37.4 Å². The Morgan fingerprint density at radius 1 is 1.05 bits per heavy atom. The summed E-state index contributed by atoms with van der Waals surface area (Å²) < 4.78 is 22.7. The topological polar surface area (TPSA) is 103 Å². The van der Waals surface area contributed by atoms with Gasteiger partial charge in [-0.15, -0.1) is 0 Å². The van der Waals surface area contributed by atoms with Crippen molar-refractivity contribution in [2.24, 2.45) is 10.8 Å². The first-order valence-corrected chi connectivity index (χ1v) is 14.7. The van der Waals surface area contributed by atoms with Gasteiger partial charge < -0.3 is 29.2 Å². The number of nitrogens with zero attached hydrogens (tertiary/aromatic N) is 1. The van der Waals surface area contributed by atoms with Gasteiger partial charge in [0, 0.05) is 13.5 Å². The number of amides is 2. The van der Waals surface area contributed by atoms with E-state index in [9.17, 15) is 14.4 Å². The Kier molecular flexibility index (Phi) is 9.11. The minimum absolute atomic E-state index is 0.118. The Morgan fingerprint density at radius 3 is 2.43 bits per heavy atom. The third kappa shape index (κ3) is 6.51. The first kappa shape index (κ1) is 31.6. The Labute approximate surface area is 249 Å². The third-order valence-corrected chi connectivity index (χ3v) is 8.76. The summed E-state index contributed by atoms with van der Waals surface area (Å²) in [4.78, 5) is 41.8. The number of nitrogens with one attached hydrogen (secondary N) is 1. The average molecular weight is 583 g/mol. The van der Waals surface area contributed by atoms with Crippen LogP contribution < -0.4 is 10.1 Å². The maximum Gasteiger partial charge on any atom is 0.407 e. The molecule has 0 saturated carbocycles. The lowest BCUT2D eigenvalue weighted by molar-refractivity contribution is -0.152. The number of ether oxygens (including phenoxy) is 4. The van der Waals surface area contributed by atoms with Gasteiger partial charge in [0.25, 0.3) is 0 Å². The van der Waals surface area contributed by atoms with Gasteiger partial charge in [-0.1, -0.05) is 53.2 Å². The second-order valence-corrected chi connectivity index (χ2v) is 13.5. The molecule has 230 valence electrons. The van der Waals surface area contributed by atoms with E-state index in [1.807, 2.05) is 32.9 Å². The van der Waals surface area contributed by atoms with Crippen molar-refractivity contribution in [2.45, 2.75) is 84.4 Å². The molecule has 2 heterocycles. The molecule has 0 aliphatic carbocycles. The molecule has 0 aromatic heterocycles. The van der Waals surface area contributed by atoms with Gasteiger partial charge in [-0.2, -0.15) is 0 Å². The van der Waals surface area contributed by atoms with Gasteiger partial charge in [-0.3, -0.25) is 4.79 Å². The van der Waals surface area contributed by atoms with Crippen LogP contribution in [-0.2, 0) is 35.8 Å². The highest BCUT2D eigenvalue weighted by Crippen LogP contribution is 2.42. The number of benzene rings is 2. The van der Waals surface area contributed by atoms with Gasteiger partial charge in [-0.05, 0) is 70.2 Å². The second-order valence-electron chi connectivity index (χ2n) is 13.5. The van der Waals surface area contributed by atoms with Crippen molar-refractivity contribution in [3.05, 3.63) is 41.5 Å². The zero-order chi connectivity index (χ0) is 30.9. The highest BCUT2D eigenvalue weighted by Gasteiger charge is 2.53. The van der Waals surface area contributed by atoms with Crippen molar-refractivity contribution < 1.29 is 33.3 Å². The van der Waals surface area contributed by atoms with Crippen molar-refractivity contribution in [3.63, 3.8) is 0 Å². The van der Waals surface area contributed by atoms with Crippen molar-refractivity contribution in [1.82, 2.24) is 10.2 Å². The van der Waals surface area contributed by atoms with Crippen LogP contribution in [0.1, 0.15) is 71.4 Å². The number of alkyl carbamates (subject to hydrolysis) is 1. The molecule has 0 spiro atoms. The predicted octanol–water partition coefficient (Wildman–Crippen LogP) is 5.36. The van der Waals surface area contributed by atoms with E-state index in [1.54, 1.807) is 14.2 Å². The molecule has 0 unspecified atom stereocenters. The number of hydrogen-bond donors (Lipinski definition) is 1. The smallest absolute Gasteiger partial charge is 0.407 e. The molecule has 2 aliphatic heterocycles. The van der Waals surface area contributed by atoms with Crippen molar-refractivity contribution in [3.8, 4) is 5.75 Å². The van der Waals surface area contributed by atoms with Crippen LogP contribution in [0, 0.1) is 10.8 Å². The molecule has 5 bridgehead atoms. The summed E-state index contributed by atoms with van der Waals surface area (Å²) in [5, 5.41) is 4.88. The Hall–Kier alpha value is -3.33. The largest absolute Gasteiger partial charge is 0.496 e. The zero-order valence-electron chi connectivity index (χ0n) is 26.3. The summed E-state index contributed by atoms with van der Waals surface area (Å²) in [5.41, 5.74) is 0.105. The quantitative estimate of drug-likeness (QED) is 0.486. The fourth-order valence-electron chi connectivity index (χ4n) is 6.14. The molecule has 1 saturated heterocycles. The molecule has 0 radical (unpaired) electrons. The molecule has 2 aromatic carbocycles. The van der Waals surface area contributed by atoms with E-state index in [4.69, 9.17) is 18.9 Å². The van der Waals surface area contributed by atoms with Gasteiger partial charge in [0.05, 0.1) is 27.4 Å². The van der Waals surface area contributed by atoms with Crippen LogP contribution in [0.2, 0.25) is 0 Å². The highest BCUT2D eigenvalue weighted by atomic mass is 16.5. The number of esters is 1. The average Bonchev–Trinajstić information content (AvgIpc) is 3.36. The van der Waals surface area contributed by atoms with Crippen LogP contribution in [-0.4, -0.2) is 69.4 Å². The van der Waals surface area contributed by atoms with Crippen LogP contribution in [0.3, 0.4) is 0 Å². The molecule has 1 N–H and O–H groups in total.